The Morgan fingerprint density at radius 1 is 1.39 bits per heavy atom. The van der Waals surface area contributed by atoms with Crippen molar-refractivity contribution in [3.8, 4) is 0 Å². The Hall–Kier alpha value is -1.53. The molecule has 2 rings (SSSR count). The van der Waals surface area contributed by atoms with Crippen molar-refractivity contribution < 1.29 is 9.09 Å². The monoisotopic (exact) mass is 260 g/mol. The SMILES string of the molecule is C=CCC=C1OP(C)(=O)c2ccccc2C1=CC. The van der Waals surface area contributed by atoms with Gasteiger partial charge in [0.2, 0.25) is 0 Å². The Labute approximate surface area is 108 Å². The van der Waals surface area contributed by atoms with Crippen molar-refractivity contribution in [2.24, 2.45) is 0 Å². The van der Waals surface area contributed by atoms with E-state index >= 15 is 0 Å². The molecule has 0 N–H and O–H groups in total. The standard InChI is InChI=1S/C15H17O2P/c1-4-6-10-14-12(5-2)13-9-7-8-11-15(13)18(3,16)17-14/h4-5,7-11H,1,6H2,2-3H3. The zero-order chi connectivity index (χ0) is 13.2. The van der Waals surface area contributed by atoms with Crippen LogP contribution in [0.4, 0.5) is 0 Å². The molecule has 0 saturated carbocycles. The molecule has 1 aromatic rings. The van der Waals surface area contributed by atoms with Crippen LogP contribution in [0.15, 0.2) is 54.8 Å². The molecule has 1 atom stereocenters. The molecule has 0 aliphatic carbocycles. The van der Waals surface area contributed by atoms with Crippen molar-refractivity contribution in [1.82, 2.24) is 0 Å². The first-order chi connectivity index (χ1) is 8.60. The van der Waals surface area contributed by atoms with Crippen LogP contribution in [0.25, 0.3) is 5.57 Å². The molecule has 0 aromatic heterocycles. The third-order valence-corrected chi connectivity index (χ3v) is 4.74. The summed E-state index contributed by atoms with van der Waals surface area (Å²) in [6, 6.07) is 7.72. The molecule has 1 heterocycles. The van der Waals surface area contributed by atoms with E-state index in [0.29, 0.717) is 12.2 Å². The molecule has 0 saturated heterocycles. The number of fused-ring (bicyclic) bond motifs is 1. The average Bonchev–Trinajstić information content (AvgIpc) is 2.36. The molecular formula is C15H17O2P. The van der Waals surface area contributed by atoms with E-state index in [4.69, 9.17) is 4.52 Å². The topological polar surface area (TPSA) is 26.3 Å². The van der Waals surface area contributed by atoms with E-state index < -0.39 is 7.37 Å². The van der Waals surface area contributed by atoms with Gasteiger partial charge in [0.25, 0.3) is 7.37 Å². The zero-order valence-corrected chi connectivity index (χ0v) is 11.6. The number of hydrogen-bond donors (Lipinski definition) is 0. The molecule has 1 aliphatic heterocycles. The number of benzene rings is 1. The number of rotatable bonds is 2. The van der Waals surface area contributed by atoms with Crippen LogP contribution in [-0.4, -0.2) is 6.66 Å². The molecule has 2 nitrogen and oxygen atoms in total. The van der Waals surface area contributed by atoms with Gasteiger partial charge < -0.3 is 4.52 Å². The lowest BCUT2D eigenvalue weighted by Crippen LogP contribution is -2.18. The molecular weight excluding hydrogens is 243 g/mol. The Kier molecular flexibility index (Phi) is 3.58. The van der Waals surface area contributed by atoms with Crippen LogP contribution in [0, 0.1) is 0 Å². The van der Waals surface area contributed by atoms with E-state index in [1.807, 2.05) is 43.3 Å². The van der Waals surface area contributed by atoms with Gasteiger partial charge in [-0.1, -0.05) is 30.4 Å². The summed E-state index contributed by atoms with van der Waals surface area (Å²) in [7, 11) is -2.77. The molecule has 0 amide bonds. The van der Waals surface area contributed by atoms with Crippen molar-refractivity contribution in [3.63, 3.8) is 0 Å². The van der Waals surface area contributed by atoms with E-state index in [1.54, 1.807) is 12.7 Å². The van der Waals surface area contributed by atoms with Crippen molar-refractivity contribution >= 4 is 18.2 Å². The second-order valence-electron chi connectivity index (χ2n) is 4.25. The lowest BCUT2D eigenvalue weighted by atomic mass is 10.0. The summed E-state index contributed by atoms with van der Waals surface area (Å²) in [4.78, 5) is 0. The average molecular weight is 260 g/mol. The fourth-order valence-corrected chi connectivity index (χ4v) is 3.75. The van der Waals surface area contributed by atoms with E-state index in [9.17, 15) is 4.57 Å². The second-order valence-corrected chi connectivity index (χ2v) is 6.61. The Balaban J connectivity index is 2.62. The van der Waals surface area contributed by atoms with Crippen molar-refractivity contribution in [2.75, 3.05) is 6.66 Å². The van der Waals surface area contributed by atoms with Gasteiger partial charge >= 0.3 is 0 Å². The summed E-state index contributed by atoms with van der Waals surface area (Å²) in [5, 5.41) is 0.800. The highest BCUT2D eigenvalue weighted by molar-refractivity contribution is 7.66. The maximum absolute atomic E-state index is 12.6. The minimum Gasteiger partial charge on any atom is -0.440 e. The highest BCUT2D eigenvalue weighted by Gasteiger charge is 2.32. The first-order valence-electron chi connectivity index (χ1n) is 5.95. The summed E-state index contributed by atoms with van der Waals surface area (Å²) in [5.74, 6) is 0.696. The Morgan fingerprint density at radius 2 is 2.11 bits per heavy atom. The molecule has 0 fully saturated rings. The molecule has 1 aromatic carbocycles. The molecule has 0 spiro atoms. The lowest BCUT2D eigenvalue weighted by Gasteiger charge is -2.28. The van der Waals surface area contributed by atoms with Gasteiger partial charge in [0.1, 0.15) is 5.76 Å². The van der Waals surface area contributed by atoms with E-state index in [0.717, 1.165) is 16.4 Å². The van der Waals surface area contributed by atoms with Crippen LogP contribution in [0.3, 0.4) is 0 Å². The summed E-state index contributed by atoms with van der Waals surface area (Å²) >= 11 is 0. The van der Waals surface area contributed by atoms with Gasteiger partial charge in [-0.05, 0) is 31.1 Å². The van der Waals surface area contributed by atoms with Crippen LogP contribution >= 0.6 is 7.37 Å². The quantitative estimate of drug-likeness (QED) is 0.590. The van der Waals surface area contributed by atoms with Crippen LogP contribution in [0.1, 0.15) is 18.9 Å². The van der Waals surface area contributed by atoms with Crippen molar-refractivity contribution in [1.29, 1.82) is 0 Å². The molecule has 18 heavy (non-hydrogen) atoms. The third-order valence-electron chi connectivity index (χ3n) is 2.93. The van der Waals surface area contributed by atoms with Crippen LogP contribution in [-0.2, 0) is 9.09 Å². The fraction of sp³-hybridized carbons (Fsp3) is 0.200. The molecule has 3 heteroatoms. The van der Waals surface area contributed by atoms with Gasteiger partial charge in [-0.25, -0.2) is 0 Å². The molecule has 94 valence electrons. The first kappa shape index (κ1) is 12.9. The predicted molar refractivity (Wildman–Crippen MR) is 77.2 cm³/mol. The molecule has 0 bridgehead atoms. The van der Waals surface area contributed by atoms with Gasteiger partial charge in [-0.2, -0.15) is 0 Å². The summed E-state index contributed by atoms with van der Waals surface area (Å²) in [5.41, 5.74) is 2.01. The summed E-state index contributed by atoms with van der Waals surface area (Å²) in [6.45, 7) is 7.32. The number of allylic oxidation sites excluding steroid dienone is 4. The first-order valence-corrected chi connectivity index (χ1v) is 8.02. The van der Waals surface area contributed by atoms with Gasteiger partial charge in [-0.3, -0.25) is 4.57 Å². The maximum Gasteiger partial charge on any atom is 0.274 e. The Bertz CT molecular complexity index is 582. The summed E-state index contributed by atoms with van der Waals surface area (Å²) < 4.78 is 18.3. The number of hydrogen-bond acceptors (Lipinski definition) is 2. The lowest BCUT2D eigenvalue weighted by molar-refractivity contribution is 0.430. The van der Waals surface area contributed by atoms with Crippen LogP contribution in [0.2, 0.25) is 0 Å². The zero-order valence-electron chi connectivity index (χ0n) is 10.7. The van der Waals surface area contributed by atoms with Crippen LogP contribution < -0.4 is 5.30 Å². The van der Waals surface area contributed by atoms with Gasteiger partial charge in [0, 0.05) is 12.2 Å². The predicted octanol–water partition coefficient (Wildman–Crippen LogP) is 4.11. The van der Waals surface area contributed by atoms with E-state index in [2.05, 4.69) is 6.58 Å². The largest absolute Gasteiger partial charge is 0.440 e. The van der Waals surface area contributed by atoms with E-state index in [-0.39, 0.29) is 0 Å². The van der Waals surface area contributed by atoms with Gasteiger partial charge in [0.05, 0.1) is 5.30 Å². The minimum absolute atomic E-state index is 0.696. The molecule has 1 unspecified atom stereocenters. The van der Waals surface area contributed by atoms with Gasteiger partial charge in [0.15, 0.2) is 0 Å². The van der Waals surface area contributed by atoms with Crippen molar-refractivity contribution in [2.45, 2.75) is 13.3 Å². The fourth-order valence-electron chi connectivity index (χ4n) is 2.11. The highest BCUT2D eigenvalue weighted by atomic mass is 31.2. The second kappa shape index (κ2) is 4.99. The van der Waals surface area contributed by atoms with Crippen LogP contribution in [0.5, 0.6) is 0 Å². The normalized spacial score (nSPS) is 26.8. The molecule has 1 aliphatic rings. The van der Waals surface area contributed by atoms with Crippen molar-refractivity contribution in [3.05, 3.63) is 60.4 Å². The minimum atomic E-state index is -2.77. The highest BCUT2D eigenvalue weighted by Crippen LogP contribution is 2.52. The smallest absolute Gasteiger partial charge is 0.274 e. The maximum atomic E-state index is 12.6. The molecule has 0 radical (unpaired) electrons. The van der Waals surface area contributed by atoms with Gasteiger partial charge in [-0.15, -0.1) is 6.58 Å². The Morgan fingerprint density at radius 3 is 2.78 bits per heavy atom. The van der Waals surface area contributed by atoms with E-state index in [1.165, 1.54) is 0 Å². The summed E-state index contributed by atoms with van der Waals surface area (Å²) in [6.07, 6.45) is 6.42. The third kappa shape index (κ3) is 2.21.